The molecule has 1 heterocycles. The molecule has 2 aromatic rings. The maximum Gasteiger partial charge on any atom is 0.307 e. The fourth-order valence-electron chi connectivity index (χ4n) is 2.06. The molecule has 0 fully saturated rings. The fraction of sp³-hybridized carbons (Fsp3) is 0.333. The summed E-state index contributed by atoms with van der Waals surface area (Å²) in [5, 5.41) is 4.76. The summed E-state index contributed by atoms with van der Waals surface area (Å²) < 4.78 is 2.62. The minimum absolute atomic E-state index is 0.0136. The lowest BCUT2D eigenvalue weighted by molar-refractivity contribution is -0.121. The minimum atomic E-state index is -0.0599. The molecular weight excluding hydrogens is 352 g/mol. The number of carbonyl (C=O) groups excluding carboxylic acids is 1. The Kier molecular flexibility index (Phi) is 5.36. The van der Waals surface area contributed by atoms with E-state index in [1.807, 2.05) is 43.5 Å². The maximum absolute atomic E-state index is 12.0. The summed E-state index contributed by atoms with van der Waals surface area (Å²) >= 11 is 4.59. The van der Waals surface area contributed by atoms with Gasteiger partial charge in [0.2, 0.25) is 5.91 Å². The van der Waals surface area contributed by atoms with Crippen molar-refractivity contribution in [3.8, 4) is 0 Å². The molecule has 0 saturated carbocycles. The van der Waals surface area contributed by atoms with Gasteiger partial charge in [0.05, 0.1) is 6.04 Å². The zero-order valence-electron chi connectivity index (χ0n) is 11.9. The highest BCUT2D eigenvalue weighted by atomic mass is 79.9. The smallest absolute Gasteiger partial charge is 0.307 e. The predicted octanol–water partition coefficient (Wildman–Crippen LogP) is 3.25. The number of thiazole rings is 1. The van der Waals surface area contributed by atoms with Crippen LogP contribution in [0.25, 0.3) is 0 Å². The van der Waals surface area contributed by atoms with Crippen molar-refractivity contribution in [2.75, 3.05) is 0 Å². The van der Waals surface area contributed by atoms with Gasteiger partial charge in [0, 0.05) is 28.5 Å². The number of halogens is 1. The minimum Gasteiger partial charge on any atom is -0.350 e. The second-order valence-electron chi connectivity index (χ2n) is 4.89. The standard InChI is InChI=1S/C15H17BrN2O2S/c1-10-9-21-15(20)18(10)7-6-14(19)17-11(2)12-4-3-5-13(16)8-12/h3-5,8-9,11H,6-7H2,1-2H3,(H,17,19). The lowest BCUT2D eigenvalue weighted by atomic mass is 10.1. The van der Waals surface area contributed by atoms with Gasteiger partial charge >= 0.3 is 4.87 Å². The largest absolute Gasteiger partial charge is 0.350 e. The van der Waals surface area contributed by atoms with E-state index in [0.29, 0.717) is 13.0 Å². The van der Waals surface area contributed by atoms with Crippen LogP contribution in [0.3, 0.4) is 0 Å². The summed E-state index contributed by atoms with van der Waals surface area (Å²) in [7, 11) is 0. The van der Waals surface area contributed by atoms with Crippen molar-refractivity contribution < 1.29 is 4.79 Å². The molecule has 112 valence electrons. The van der Waals surface area contributed by atoms with Gasteiger partial charge in [-0.05, 0) is 31.5 Å². The Hall–Kier alpha value is -1.40. The molecular formula is C15H17BrN2O2S. The number of aryl methyl sites for hydroxylation is 1. The number of rotatable bonds is 5. The van der Waals surface area contributed by atoms with Crippen LogP contribution in [0.15, 0.2) is 38.9 Å². The van der Waals surface area contributed by atoms with Gasteiger partial charge in [-0.15, -0.1) is 0 Å². The van der Waals surface area contributed by atoms with E-state index in [4.69, 9.17) is 0 Å². The summed E-state index contributed by atoms with van der Waals surface area (Å²) in [4.78, 5) is 23.6. The Morgan fingerprint density at radius 2 is 2.24 bits per heavy atom. The lowest BCUT2D eigenvalue weighted by Gasteiger charge is -2.15. The second-order valence-corrected chi connectivity index (χ2v) is 6.63. The first-order chi connectivity index (χ1) is 9.97. The first-order valence-electron chi connectivity index (χ1n) is 6.67. The quantitative estimate of drug-likeness (QED) is 0.880. The molecule has 1 N–H and O–H groups in total. The van der Waals surface area contributed by atoms with Gasteiger partial charge < -0.3 is 9.88 Å². The maximum atomic E-state index is 12.0. The highest BCUT2D eigenvalue weighted by Crippen LogP contribution is 2.17. The molecule has 0 radical (unpaired) electrons. The number of nitrogens with zero attached hydrogens (tertiary/aromatic N) is 1. The third-order valence-electron chi connectivity index (χ3n) is 3.27. The van der Waals surface area contributed by atoms with Crippen molar-refractivity contribution >= 4 is 33.2 Å². The normalized spacial score (nSPS) is 12.1. The number of carbonyl (C=O) groups is 1. The summed E-state index contributed by atoms with van der Waals surface area (Å²) in [5.74, 6) is -0.0556. The van der Waals surface area contributed by atoms with Crippen molar-refractivity contribution in [3.05, 3.63) is 55.0 Å². The molecule has 1 aromatic heterocycles. The topological polar surface area (TPSA) is 51.1 Å². The van der Waals surface area contributed by atoms with E-state index in [2.05, 4.69) is 21.2 Å². The van der Waals surface area contributed by atoms with Crippen LogP contribution in [0.4, 0.5) is 0 Å². The average molecular weight is 369 g/mol. The number of nitrogens with one attached hydrogen (secondary N) is 1. The number of hydrogen-bond acceptors (Lipinski definition) is 3. The molecule has 1 amide bonds. The fourth-order valence-corrected chi connectivity index (χ4v) is 3.24. The summed E-state index contributed by atoms with van der Waals surface area (Å²) in [6.07, 6.45) is 0.301. The van der Waals surface area contributed by atoms with Crippen LogP contribution >= 0.6 is 27.3 Å². The Morgan fingerprint density at radius 3 is 2.86 bits per heavy atom. The molecule has 0 spiro atoms. The Labute approximate surface area is 135 Å². The molecule has 0 saturated heterocycles. The third-order valence-corrected chi connectivity index (χ3v) is 4.64. The van der Waals surface area contributed by atoms with Gasteiger partial charge in [0.15, 0.2) is 0 Å². The second kappa shape index (κ2) is 7.04. The molecule has 0 aliphatic heterocycles. The zero-order chi connectivity index (χ0) is 15.4. The molecule has 1 unspecified atom stereocenters. The molecule has 21 heavy (non-hydrogen) atoms. The highest BCUT2D eigenvalue weighted by molar-refractivity contribution is 9.10. The summed E-state index contributed by atoms with van der Waals surface area (Å²) in [6.45, 7) is 4.24. The van der Waals surface area contributed by atoms with Crippen LogP contribution in [0.2, 0.25) is 0 Å². The molecule has 1 aromatic carbocycles. The molecule has 0 aliphatic carbocycles. The van der Waals surface area contributed by atoms with Gasteiger partial charge in [-0.2, -0.15) is 0 Å². The van der Waals surface area contributed by atoms with Gasteiger partial charge in [-0.3, -0.25) is 9.59 Å². The summed E-state index contributed by atoms with van der Waals surface area (Å²) in [6, 6.07) is 7.79. The Morgan fingerprint density at radius 1 is 1.48 bits per heavy atom. The first kappa shape index (κ1) is 16.0. The third kappa shape index (κ3) is 4.28. The van der Waals surface area contributed by atoms with Gasteiger partial charge in [-0.25, -0.2) is 0 Å². The van der Waals surface area contributed by atoms with Crippen molar-refractivity contribution in [2.45, 2.75) is 32.9 Å². The monoisotopic (exact) mass is 368 g/mol. The van der Waals surface area contributed by atoms with Gasteiger partial charge in [-0.1, -0.05) is 39.4 Å². The Balaban J connectivity index is 1.91. The van der Waals surface area contributed by atoms with Crippen molar-refractivity contribution in [1.82, 2.24) is 9.88 Å². The number of benzene rings is 1. The van der Waals surface area contributed by atoms with Crippen LogP contribution in [0.1, 0.15) is 30.6 Å². The van der Waals surface area contributed by atoms with Crippen LogP contribution in [-0.4, -0.2) is 10.5 Å². The van der Waals surface area contributed by atoms with Crippen LogP contribution in [-0.2, 0) is 11.3 Å². The van der Waals surface area contributed by atoms with Crippen LogP contribution in [0, 0.1) is 6.92 Å². The summed E-state index contributed by atoms with van der Waals surface area (Å²) in [5.41, 5.74) is 1.94. The van der Waals surface area contributed by atoms with E-state index in [1.54, 1.807) is 4.57 Å². The van der Waals surface area contributed by atoms with Gasteiger partial charge in [0.25, 0.3) is 0 Å². The van der Waals surface area contributed by atoms with Crippen molar-refractivity contribution in [1.29, 1.82) is 0 Å². The van der Waals surface area contributed by atoms with Crippen LogP contribution < -0.4 is 10.2 Å². The van der Waals surface area contributed by atoms with Crippen LogP contribution in [0.5, 0.6) is 0 Å². The van der Waals surface area contributed by atoms with Gasteiger partial charge in [0.1, 0.15) is 0 Å². The average Bonchev–Trinajstić information content (AvgIpc) is 2.76. The van der Waals surface area contributed by atoms with E-state index in [1.165, 1.54) is 11.3 Å². The zero-order valence-corrected chi connectivity index (χ0v) is 14.3. The molecule has 0 aliphatic rings. The molecule has 1 atom stereocenters. The van der Waals surface area contributed by atoms with E-state index in [-0.39, 0.29) is 16.8 Å². The predicted molar refractivity (Wildman–Crippen MR) is 88.6 cm³/mol. The Bertz CT molecular complexity index is 693. The van der Waals surface area contributed by atoms with Crippen molar-refractivity contribution in [3.63, 3.8) is 0 Å². The molecule has 2 rings (SSSR count). The molecule has 6 heteroatoms. The number of hydrogen-bond donors (Lipinski definition) is 1. The highest BCUT2D eigenvalue weighted by Gasteiger charge is 2.11. The first-order valence-corrected chi connectivity index (χ1v) is 8.34. The number of aromatic nitrogens is 1. The van der Waals surface area contributed by atoms with E-state index < -0.39 is 0 Å². The molecule has 0 bridgehead atoms. The molecule has 4 nitrogen and oxygen atoms in total. The van der Waals surface area contributed by atoms with E-state index in [9.17, 15) is 9.59 Å². The lowest BCUT2D eigenvalue weighted by Crippen LogP contribution is -2.28. The SMILES string of the molecule is Cc1csc(=O)n1CCC(=O)NC(C)c1cccc(Br)c1. The van der Waals surface area contributed by atoms with Crippen molar-refractivity contribution in [2.24, 2.45) is 0 Å². The number of amides is 1. The van der Waals surface area contributed by atoms with E-state index >= 15 is 0 Å². The van der Waals surface area contributed by atoms with E-state index in [0.717, 1.165) is 15.7 Å².